The van der Waals surface area contributed by atoms with Crippen molar-refractivity contribution in [3.63, 3.8) is 0 Å². The first-order valence-corrected chi connectivity index (χ1v) is 15.9. The molecule has 3 aromatic carbocycles. The molecule has 42 heavy (non-hydrogen) atoms. The number of unbranched alkanes of at least 4 members (excludes halogenated alkanes) is 8. The van der Waals surface area contributed by atoms with Gasteiger partial charge in [-0.05, 0) is 36.1 Å². The SMILES string of the molecule is CCCCCCCCn1c(=O)c(OCCCCCC)c(OCc2ccccc2)c2ccc(OCc3ccccc3)cc21. The molecule has 0 aliphatic carbocycles. The summed E-state index contributed by atoms with van der Waals surface area (Å²) in [5.41, 5.74) is 2.83. The highest BCUT2D eigenvalue weighted by atomic mass is 16.5. The van der Waals surface area contributed by atoms with Crippen LogP contribution in [0.25, 0.3) is 10.9 Å². The maximum absolute atomic E-state index is 14.1. The van der Waals surface area contributed by atoms with Gasteiger partial charge in [0.25, 0.3) is 5.56 Å². The van der Waals surface area contributed by atoms with E-state index >= 15 is 0 Å². The van der Waals surface area contributed by atoms with E-state index in [-0.39, 0.29) is 5.56 Å². The number of ether oxygens (including phenoxy) is 3. The molecule has 5 heteroatoms. The summed E-state index contributed by atoms with van der Waals surface area (Å²) in [6, 6.07) is 26.1. The second-order valence-corrected chi connectivity index (χ2v) is 11.0. The predicted octanol–water partition coefficient (Wildman–Crippen LogP) is 9.48. The quantitative estimate of drug-likeness (QED) is 0.106. The van der Waals surface area contributed by atoms with Crippen molar-refractivity contribution in [1.29, 1.82) is 0 Å². The zero-order valence-corrected chi connectivity index (χ0v) is 25.5. The van der Waals surface area contributed by atoms with Crippen LogP contribution in [-0.4, -0.2) is 11.2 Å². The molecule has 0 spiro atoms. The highest BCUT2D eigenvalue weighted by Gasteiger charge is 2.21. The van der Waals surface area contributed by atoms with E-state index in [9.17, 15) is 4.79 Å². The number of rotatable bonds is 19. The molecule has 224 valence electrons. The molecule has 4 rings (SSSR count). The molecule has 4 aromatic rings. The number of hydrogen-bond acceptors (Lipinski definition) is 4. The number of aryl methyl sites for hydroxylation is 1. The van der Waals surface area contributed by atoms with Gasteiger partial charge < -0.3 is 18.8 Å². The van der Waals surface area contributed by atoms with Crippen LogP contribution in [0.1, 0.15) is 89.2 Å². The van der Waals surface area contributed by atoms with Crippen molar-refractivity contribution in [2.24, 2.45) is 0 Å². The van der Waals surface area contributed by atoms with Crippen LogP contribution in [0.5, 0.6) is 17.2 Å². The molecule has 0 aliphatic heterocycles. The molecule has 0 saturated carbocycles. The Kier molecular flexibility index (Phi) is 12.8. The third-order valence-corrected chi connectivity index (χ3v) is 7.60. The summed E-state index contributed by atoms with van der Waals surface area (Å²) in [6.45, 7) is 6.37. The normalized spacial score (nSPS) is 11.1. The van der Waals surface area contributed by atoms with Crippen LogP contribution in [0, 0.1) is 0 Å². The third-order valence-electron chi connectivity index (χ3n) is 7.60. The van der Waals surface area contributed by atoms with E-state index in [0.29, 0.717) is 37.9 Å². The molecular weight excluding hydrogens is 522 g/mol. The summed E-state index contributed by atoms with van der Waals surface area (Å²) in [4.78, 5) is 14.1. The van der Waals surface area contributed by atoms with Gasteiger partial charge in [-0.2, -0.15) is 0 Å². The zero-order chi connectivity index (χ0) is 29.4. The molecule has 0 fully saturated rings. The Morgan fingerprint density at radius 3 is 1.86 bits per heavy atom. The molecule has 0 amide bonds. The number of benzene rings is 3. The molecule has 0 saturated heterocycles. The van der Waals surface area contributed by atoms with Crippen molar-refractivity contribution in [3.8, 4) is 17.2 Å². The van der Waals surface area contributed by atoms with Crippen LogP contribution in [-0.2, 0) is 19.8 Å². The zero-order valence-electron chi connectivity index (χ0n) is 25.5. The fraction of sp³-hybridized carbons (Fsp3) is 0.432. The van der Waals surface area contributed by atoms with E-state index in [1.807, 2.05) is 71.3 Å². The lowest BCUT2D eigenvalue weighted by Gasteiger charge is -2.20. The Hall–Kier alpha value is -3.73. The molecule has 1 aromatic heterocycles. The van der Waals surface area contributed by atoms with Crippen molar-refractivity contribution in [3.05, 3.63) is 100 Å². The summed E-state index contributed by atoms with van der Waals surface area (Å²) in [6.07, 6.45) is 11.2. The van der Waals surface area contributed by atoms with E-state index < -0.39 is 0 Å². The minimum Gasteiger partial charge on any atom is -0.489 e. The van der Waals surface area contributed by atoms with Crippen molar-refractivity contribution in [1.82, 2.24) is 4.57 Å². The van der Waals surface area contributed by atoms with Gasteiger partial charge in [0.2, 0.25) is 5.75 Å². The van der Waals surface area contributed by atoms with Crippen LogP contribution >= 0.6 is 0 Å². The monoisotopic (exact) mass is 569 g/mol. The van der Waals surface area contributed by atoms with Crippen LogP contribution in [0.15, 0.2) is 83.7 Å². The molecule has 0 unspecified atom stereocenters. The molecular formula is C37H47NO4. The summed E-state index contributed by atoms with van der Waals surface area (Å²) in [5.74, 6) is 1.56. The Bertz CT molecular complexity index is 1400. The Morgan fingerprint density at radius 2 is 1.19 bits per heavy atom. The van der Waals surface area contributed by atoms with Crippen LogP contribution in [0.2, 0.25) is 0 Å². The lowest BCUT2D eigenvalue weighted by Crippen LogP contribution is -2.24. The van der Waals surface area contributed by atoms with Crippen LogP contribution < -0.4 is 19.8 Å². The lowest BCUT2D eigenvalue weighted by molar-refractivity contribution is 0.255. The number of hydrogen-bond donors (Lipinski definition) is 0. The van der Waals surface area contributed by atoms with Gasteiger partial charge in [0, 0.05) is 18.0 Å². The molecule has 0 bridgehead atoms. The second kappa shape index (κ2) is 17.3. The fourth-order valence-corrected chi connectivity index (χ4v) is 5.18. The van der Waals surface area contributed by atoms with Gasteiger partial charge >= 0.3 is 0 Å². The minimum absolute atomic E-state index is 0.130. The summed E-state index contributed by atoms with van der Waals surface area (Å²) in [5, 5.41) is 0.868. The van der Waals surface area contributed by atoms with E-state index in [1.165, 1.54) is 25.7 Å². The summed E-state index contributed by atoms with van der Waals surface area (Å²) in [7, 11) is 0. The number of pyridine rings is 1. The Balaban J connectivity index is 1.68. The number of fused-ring (bicyclic) bond motifs is 1. The van der Waals surface area contributed by atoms with Gasteiger partial charge in [0.05, 0.1) is 12.1 Å². The molecule has 0 aliphatic rings. The highest BCUT2D eigenvalue weighted by Crippen LogP contribution is 2.36. The molecule has 5 nitrogen and oxygen atoms in total. The van der Waals surface area contributed by atoms with Crippen LogP contribution in [0.3, 0.4) is 0 Å². The van der Waals surface area contributed by atoms with Crippen LogP contribution in [0.4, 0.5) is 0 Å². The number of nitrogens with zero attached hydrogens (tertiary/aromatic N) is 1. The van der Waals surface area contributed by atoms with E-state index in [2.05, 4.69) is 26.0 Å². The topological polar surface area (TPSA) is 49.7 Å². The maximum atomic E-state index is 14.1. The van der Waals surface area contributed by atoms with Gasteiger partial charge in [0.15, 0.2) is 5.75 Å². The lowest BCUT2D eigenvalue weighted by atomic mass is 10.1. The van der Waals surface area contributed by atoms with Gasteiger partial charge in [-0.15, -0.1) is 0 Å². The van der Waals surface area contributed by atoms with Crippen molar-refractivity contribution >= 4 is 10.9 Å². The van der Waals surface area contributed by atoms with Gasteiger partial charge in [-0.1, -0.05) is 126 Å². The maximum Gasteiger partial charge on any atom is 0.297 e. The summed E-state index contributed by atoms with van der Waals surface area (Å²) >= 11 is 0. The first-order valence-electron chi connectivity index (χ1n) is 15.9. The average Bonchev–Trinajstić information content (AvgIpc) is 3.03. The van der Waals surface area contributed by atoms with Crippen molar-refractivity contribution in [2.45, 2.75) is 97.8 Å². The van der Waals surface area contributed by atoms with Crippen molar-refractivity contribution < 1.29 is 14.2 Å². The molecule has 0 N–H and O–H groups in total. The van der Waals surface area contributed by atoms with Gasteiger partial charge in [-0.25, -0.2) is 0 Å². The standard InChI is InChI=1S/C37H47NO4/c1-3-5-7-9-10-17-25-38-34-27-32(41-28-30-19-13-11-14-20-30)23-24-33(34)35(42-29-31-21-15-12-16-22-31)36(37(38)39)40-26-18-8-6-4-2/h11-16,19-24,27H,3-10,17-18,25-26,28-29H2,1-2H3. The fourth-order valence-electron chi connectivity index (χ4n) is 5.18. The minimum atomic E-state index is -0.130. The Morgan fingerprint density at radius 1 is 0.595 bits per heavy atom. The molecule has 1 heterocycles. The van der Waals surface area contributed by atoms with E-state index in [0.717, 1.165) is 66.3 Å². The first-order chi connectivity index (χ1) is 20.7. The van der Waals surface area contributed by atoms with Crippen molar-refractivity contribution in [2.75, 3.05) is 6.61 Å². The van der Waals surface area contributed by atoms with Gasteiger partial charge in [-0.3, -0.25) is 4.79 Å². The highest BCUT2D eigenvalue weighted by molar-refractivity contribution is 5.89. The first kappa shape index (κ1) is 31.2. The van der Waals surface area contributed by atoms with Gasteiger partial charge in [0.1, 0.15) is 19.0 Å². The molecule has 0 radical (unpaired) electrons. The smallest absolute Gasteiger partial charge is 0.297 e. The third kappa shape index (κ3) is 9.14. The second-order valence-electron chi connectivity index (χ2n) is 11.0. The predicted molar refractivity (Wildman–Crippen MR) is 173 cm³/mol. The number of aromatic nitrogens is 1. The van der Waals surface area contributed by atoms with E-state index in [4.69, 9.17) is 14.2 Å². The largest absolute Gasteiger partial charge is 0.489 e. The molecule has 0 atom stereocenters. The Labute approximate surface area is 251 Å². The average molecular weight is 570 g/mol. The summed E-state index contributed by atoms with van der Waals surface area (Å²) < 4.78 is 20.7. The van der Waals surface area contributed by atoms with E-state index in [1.54, 1.807) is 0 Å².